The summed E-state index contributed by atoms with van der Waals surface area (Å²) in [6.07, 6.45) is 0. The summed E-state index contributed by atoms with van der Waals surface area (Å²) in [5.74, 6) is -1.50. The van der Waals surface area contributed by atoms with Crippen LogP contribution in [0.1, 0.15) is 13.8 Å². The fraction of sp³-hybridized carbons (Fsp3) is 0.417. The fourth-order valence-corrected chi connectivity index (χ4v) is 2.24. The van der Waals surface area contributed by atoms with E-state index in [9.17, 15) is 29.3 Å². The minimum atomic E-state index is -0.916. The molecule has 0 saturated heterocycles. The topological polar surface area (TPSA) is 139 Å². The predicted molar refractivity (Wildman–Crippen MR) is 77.3 cm³/mol. The van der Waals surface area contributed by atoms with E-state index in [1.165, 1.54) is 20.9 Å². The fourth-order valence-electron chi connectivity index (χ4n) is 2.24. The van der Waals surface area contributed by atoms with E-state index in [0.29, 0.717) is 4.57 Å². The van der Waals surface area contributed by atoms with Crippen molar-refractivity contribution in [1.29, 1.82) is 0 Å². The number of ketones is 2. The van der Waals surface area contributed by atoms with E-state index in [2.05, 4.69) is 4.98 Å². The minimum Gasteiger partial charge on any atom is -0.390 e. The van der Waals surface area contributed by atoms with Crippen LogP contribution in [0, 0.1) is 10.1 Å². The summed E-state index contributed by atoms with van der Waals surface area (Å²) in [4.78, 5) is 61.3. The number of hydrogen-bond donors (Lipinski definition) is 0. The Hall–Kier alpha value is -3.11. The van der Waals surface area contributed by atoms with Gasteiger partial charge in [0.05, 0.1) is 20.1 Å². The third-order valence-corrected chi connectivity index (χ3v) is 3.14. The van der Waals surface area contributed by atoms with Crippen molar-refractivity contribution < 1.29 is 14.5 Å². The first-order chi connectivity index (χ1) is 10.6. The van der Waals surface area contributed by atoms with Crippen molar-refractivity contribution in [2.24, 2.45) is 7.05 Å². The van der Waals surface area contributed by atoms with Crippen molar-refractivity contribution in [3.63, 3.8) is 0 Å². The zero-order valence-corrected chi connectivity index (χ0v) is 12.6. The Morgan fingerprint density at radius 3 is 2.13 bits per heavy atom. The van der Waals surface area contributed by atoms with Gasteiger partial charge in [0.2, 0.25) is 5.52 Å². The number of nitro groups is 1. The van der Waals surface area contributed by atoms with Gasteiger partial charge in [-0.15, -0.1) is 0 Å². The van der Waals surface area contributed by atoms with Gasteiger partial charge in [-0.1, -0.05) is 0 Å². The van der Waals surface area contributed by atoms with E-state index in [-0.39, 0.29) is 11.2 Å². The Labute approximate surface area is 127 Å². The highest BCUT2D eigenvalue weighted by molar-refractivity contribution is 5.79. The molecule has 0 spiro atoms. The molecule has 23 heavy (non-hydrogen) atoms. The molecule has 0 amide bonds. The summed E-state index contributed by atoms with van der Waals surface area (Å²) in [6.45, 7) is 1.50. The summed E-state index contributed by atoms with van der Waals surface area (Å²) in [6, 6.07) is 0. The number of carbonyl (C=O) groups is 2. The van der Waals surface area contributed by atoms with Crippen LogP contribution in [0.15, 0.2) is 9.59 Å². The molecule has 11 heteroatoms. The average molecular weight is 323 g/mol. The Kier molecular flexibility index (Phi) is 3.95. The lowest BCUT2D eigenvalue weighted by Crippen LogP contribution is -2.42. The Morgan fingerprint density at radius 1 is 1.13 bits per heavy atom. The lowest BCUT2D eigenvalue weighted by Gasteiger charge is -2.07. The molecule has 2 heterocycles. The summed E-state index contributed by atoms with van der Waals surface area (Å²) in [7, 11) is 1.25. The minimum absolute atomic E-state index is 0.223. The highest BCUT2D eigenvalue weighted by Gasteiger charge is 2.28. The van der Waals surface area contributed by atoms with Crippen molar-refractivity contribution in [3.05, 3.63) is 31.0 Å². The van der Waals surface area contributed by atoms with Crippen molar-refractivity contribution in [2.75, 3.05) is 0 Å². The highest BCUT2D eigenvalue weighted by Crippen LogP contribution is 2.15. The molecule has 2 aromatic rings. The van der Waals surface area contributed by atoms with E-state index in [1.54, 1.807) is 0 Å². The normalized spacial score (nSPS) is 10.9. The third-order valence-electron chi connectivity index (χ3n) is 3.14. The number of fused-ring (bicyclic) bond motifs is 1. The SMILES string of the molecule is CC(=O)Cn1c(=O)c2c(nc([N+](=O)[O-])n2C)n(CC(C)=O)c1=O. The largest absolute Gasteiger partial charge is 0.437 e. The number of Topliss-reactive ketones (excluding diaryl/α,β-unsaturated/α-hetero) is 2. The molecule has 0 aliphatic carbocycles. The van der Waals surface area contributed by atoms with Crippen molar-refractivity contribution >= 4 is 28.7 Å². The molecule has 2 rings (SSSR count). The zero-order valence-electron chi connectivity index (χ0n) is 12.6. The van der Waals surface area contributed by atoms with Crippen molar-refractivity contribution in [2.45, 2.75) is 26.9 Å². The van der Waals surface area contributed by atoms with Crippen LogP contribution in [0.4, 0.5) is 5.95 Å². The number of carbonyl (C=O) groups excluding carboxylic acids is 2. The predicted octanol–water partition coefficient (Wildman–Crippen LogP) is -1.02. The van der Waals surface area contributed by atoms with Crippen molar-refractivity contribution in [3.8, 4) is 0 Å². The second-order valence-corrected chi connectivity index (χ2v) is 5.06. The van der Waals surface area contributed by atoms with Crippen LogP contribution in [0.3, 0.4) is 0 Å². The van der Waals surface area contributed by atoms with Gasteiger partial charge >= 0.3 is 11.6 Å². The molecular weight excluding hydrogens is 310 g/mol. The monoisotopic (exact) mass is 323 g/mol. The summed E-state index contributed by atoms with van der Waals surface area (Å²) in [5.41, 5.74) is -2.27. The van der Waals surface area contributed by atoms with E-state index < -0.39 is 46.8 Å². The molecule has 0 unspecified atom stereocenters. The first-order valence-electron chi connectivity index (χ1n) is 6.48. The number of aryl methyl sites for hydroxylation is 1. The molecule has 122 valence electrons. The van der Waals surface area contributed by atoms with E-state index in [1.807, 2.05) is 0 Å². The van der Waals surface area contributed by atoms with Crippen LogP contribution in [-0.4, -0.2) is 35.2 Å². The molecule has 0 radical (unpaired) electrons. The zero-order chi connectivity index (χ0) is 17.5. The molecule has 11 nitrogen and oxygen atoms in total. The van der Waals surface area contributed by atoms with Gasteiger partial charge in [0.15, 0.2) is 0 Å². The van der Waals surface area contributed by atoms with Crippen LogP contribution < -0.4 is 11.2 Å². The van der Waals surface area contributed by atoms with Crippen LogP contribution in [-0.2, 0) is 29.7 Å². The van der Waals surface area contributed by atoms with Gasteiger partial charge in [0, 0.05) is 0 Å². The maximum absolute atomic E-state index is 12.4. The number of rotatable bonds is 5. The Morgan fingerprint density at radius 2 is 1.65 bits per heavy atom. The average Bonchev–Trinajstić information content (AvgIpc) is 2.77. The van der Waals surface area contributed by atoms with E-state index in [4.69, 9.17) is 0 Å². The Bertz CT molecular complexity index is 963. The van der Waals surface area contributed by atoms with Gasteiger partial charge in [-0.2, -0.15) is 0 Å². The lowest BCUT2D eigenvalue weighted by molar-refractivity contribution is -0.396. The molecule has 0 atom stereocenters. The molecule has 0 N–H and O–H groups in total. The first-order valence-corrected chi connectivity index (χ1v) is 6.48. The number of aromatic nitrogens is 4. The van der Waals surface area contributed by atoms with Crippen LogP contribution in [0.2, 0.25) is 0 Å². The number of nitrogens with zero attached hydrogens (tertiary/aromatic N) is 5. The van der Waals surface area contributed by atoms with Crippen LogP contribution >= 0.6 is 0 Å². The van der Waals surface area contributed by atoms with Crippen molar-refractivity contribution in [1.82, 2.24) is 18.7 Å². The maximum Gasteiger partial charge on any atom is 0.437 e. The number of imidazole rings is 1. The summed E-state index contributed by atoms with van der Waals surface area (Å²) < 4.78 is 2.42. The molecule has 2 aromatic heterocycles. The van der Waals surface area contributed by atoms with E-state index in [0.717, 1.165) is 9.13 Å². The molecule has 0 aliphatic heterocycles. The highest BCUT2D eigenvalue weighted by atomic mass is 16.6. The molecular formula is C12H13N5O6. The quantitative estimate of drug-likeness (QED) is 0.507. The summed E-state index contributed by atoms with van der Waals surface area (Å²) in [5, 5.41) is 11.0. The van der Waals surface area contributed by atoms with Gasteiger partial charge in [0.25, 0.3) is 11.2 Å². The number of hydrogen-bond acceptors (Lipinski definition) is 7. The molecule has 0 bridgehead atoms. The second kappa shape index (κ2) is 5.59. The molecule has 0 aliphatic rings. The maximum atomic E-state index is 12.4. The smallest absolute Gasteiger partial charge is 0.390 e. The van der Waals surface area contributed by atoms with Gasteiger partial charge in [-0.05, 0) is 23.8 Å². The standard InChI is InChI=1S/C12H13N5O6/c1-6(18)4-15-9-8(14(3)11(13-9)17(22)23)10(20)16(12(15)21)5-7(2)19/h4-5H2,1-3H3. The molecule has 0 aromatic carbocycles. The lowest BCUT2D eigenvalue weighted by atomic mass is 10.4. The van der Waals surface area contributed by atoms with Gasteiger partial charge in [-0.25, -0.2) is 13.9 Å². The summed E-state index contributed by atoms with van der Waals surface area (Å²) >= 11 is 0. The van der Waals surface area contributed by atoms with Crippen LogP contribution in [0.25, 0.3) is 11.2 Å². The Balaban J connectivity index is 3.00. The van der Waals surface area contributed by atoms with Crippen LogP contribution in [0.5, 0.6) is 0 Å². The third kappa shape index (κ3) is 2.67. The van der Waals surface area contributed by atoms with Gasteiger partial charge < -0.3 is 10.1 Å². The van der Waals surface area contributed by atoms with Gasteiger partial charge in [-0.3, -0.25) is 19.0 Å². The first kappa shape index (κ1) is 16.3. The van der Waals surface area contributed by atoms with E-state index >= 15 is 0 Å². The molecule has 0 fully saturated rings. The second-order valence-electron chi connectivity index (χ2n) is 5.06. The van der Waals surface area contributed by atoms with Gasteiger partial charge in [0.1, 0.15) is 11.6 Å². The molecule has 0 saturated carbocycles.